The minimum Gasteiger partial charge on any atom is -0.480 e. The molecule has 0 bridgehead atoms. The highest BCUT2D eigenvalue weighted by atomic mass is 79.9. The van der Waals surface area contributed by atoms with Crippen molar-refractivity contribution in [3.05, 3.63) is 58.1 Å². The smallest absolute Gasteiger partial charge is 0.271 e. The molecule has 2 N–H and O–H groups in total. The molecule has 0 saturated carbocycles. The van der Waals surface area contributed by atoms with E-state index in [1.54, 1.807) is 36.4 Å². The fourth-order valence-corrected chi connectivity index (χ4v) is 2.38. The van der Waals surface area contributed by atoms with Crippen LogP contribution in [-0.2, 0) is 4.79 Å². The molecule has 0 aliphatic carbocycles. The van der Waals surface area contributed by atoms with E-state index in [9.17, 15) is 9.59 Å². The first-order valence-electron chi connectivity index (χ1n) is 7.56. The predicted molar refractivity (Wildman–Crippen MR) is 104 cm³/mol. The minimum absolute atomic E-state index is 0.134. The van der Waals surface area contributed by atoms with E-state index in [-0.39, 0.29) is 18.4 Å². The van der Waals surface area contributed by atoms with Crippen molar-refractivity contribution in [3.63, 3.8) is 0 Å². The van der Waals surface area contributed by atoms with E-state index < -0.39 is 0 Å². The molecule has 0 aromatic heterocycles. The number of hydrogen-bond acceptors (Lipinski definition) is 4. The van der Waals surface area contributed by atoms with Gasteiger partial charge in [-0.1, -0.05) is 21.9 Å². The number of nitrogens with zero attached hydrogens (tertiary/aromatic N) is 1. The molecule has 0 aliphatic rings. The van der Waals surface area contributed by atoms with Crippen molar-refractivity contribution < 1.29 is 14.3 Å². The van der Waals surface area contributed by atoms with E-state index in [0.29, 0.717) is 22.6 Å². The van der Waals surface area contributed by atoms with Crippen molar-refractivity contribution in [1.82, 2.24) is 5.43 Å². The number of rotatable bonds is 6. The molecule has 2 aromatic carbocycles. The van der Waals surface area contributed by atoms with Gasteiger partial charge in [-0.05, 0) is 42.5 Å². The Morgan fingerprint density at radius 1 is 1.27 bits per heavy atom. The number of benzene rings is 2. The lowest BCUT2D eigenvalue weighted by molar-refractivity contribution is -0.114. The largest absolute Gasteiger partial charge is 0.480 e. The van der Waals surface area contributed by atoms with Crippen molar-refractivity contribution >= 4 is 39.6 Å². The SMILES string of the molecule is C#CCOc1ccc(Br)cc1C=NNC(=O)c1ccc(NC(C)=O)cc1. The zero-order valence-corrected chi connectivity index (χ0v) is 15.5. The number of hydrazone groups is 1. The number of carbonyl (C=O) groups is 2. The summed E-state index contributed by atoms with van der Waals surface area (Å²) in [6.07, 6.45) is 6.67. The molecular formula is C19H16BrN3O3. The molecule has 2 rings (SSSR count). The van der Waals surface area contributed by atoms with Crippen molar-refractivity contribution in [1.29, 1.82) is 0 Å². The number of amides is 2. The predicted octanol–water partition coefficient (Wildman–Crippen LogP) is 3.18. The van der Waals surface area contributed by atoms with Crippen molar-refractivity contribution in [3.8, 4) is 18.1 Å². The van der Waals surface area contributed by atoms with Gasteiger partial charge in [0.1, 0.15) is 12.4 Å². The standard InChI is InChI=1S/C19H16BrN3O3/c1-3-10-26-18-9-6-16(20)11-15(18)12-21-23-19(25)14-4-7-17(8-5-14)22-13(2)24/h1,4-9,11-12H,10H2,2H3,(H,22,24)(H,23,25). The molecule has 0 radical (unpaired) electrons. The maximum absolute atomic E-state index is 12.1. The summed E-state index contributed by atoms with van der Waals surface area (Å²) < 4.78 is 6.27. The van der Waals surface area contributed by atoms with Crippen LogP contribution in [0.25, 0.3) is 0 Å². The first-order chi connectivity index (χ1) is 12.5. The second-order valence-corrected chi connectivity index (χ2v) is 6.05. The lowest BCUT2D eigenvalue weighted by Crippen LogP contribution is -2.17. The second kappa shape index (κ2) is 9.39. The van der Waals surface area contributed by atoms with E-state index >= 15 is 0 Å². The normalized spacial score (nSPS) is 10.2. The Labute approximate surface area is 159 Å². The van der Waals surface area contributed by atoms with Gasteiger partial charge in [0.05, 0.1) is 6.21 Å². The van der Waals surface area contributed by atoms with Gasteiger partial charge in [-0.3, -0.25) is 9.59 Å². The van der Waals surface area contributed by atoms with Crippen LogP contribution in [0.2, 0.25) is 0 Å². The molecule has 6 nitrogen and oxygen atoms in total. The average Bonchev–Trinajstić information content (AvgIpc) is 2.61. The van der Waals surface area contributed by atoms with Gasteiger partial charge >= 0.3 is 0 Å². The van der Waals surface area contributed by atoms with Crippen LogP contribution in [0, 0.1) is 12.3 Å². The number of terminal acetylenes is 1. The van der Waals surface area contributed by atoms with Crippen LogP contribution in [0.1, 0.15) is 22.8 Å². The van der Waals surface area contributed by atoms with Gasteiger partial charge in [0, 0.05) is 28.2 Å². The molecule has 0 saturated heterocycles. The summed E-state index contributed by atoms with van der Waals surface area (Å²) in [4.78, 5) is 23.1. The van der Waals surface area contributed by atoms with E-state index in [4.69, 9.17) is 11.2 Å². The van der Waals surface area contributed by atoms with Crippen LogP contribution < -0.4 is 15.5 Å². The van der Waals surface area contributed by atoms with Gasteiger partial charge in [-0.2, -0.15) is 5.10 Å². The Balaban J connectivity index is 2.03. The highest BCUT2D eigenvalue weighted by Gasteiger charge is 2.06. The molecule has 26 heavy (non-hydrogen) atoms. The number of nitrogens with one attached hydrogen (secondary N) is 2. The number of anilines is 1. The molecule has 132 valence electrons. The summed E-state index contributed by atoms with van der Waals surface area (Å²) >= 11 is 3.37. The van der Waals surface area contributed by atoms with Crippen molar-refractivity contribution in [2.75, 3.05) is 11.9 Å². The van der Waals surface area contributed by atoms with Crippen LogP contribution in [0.3, 0.4) is 0 Å². The summed E-state index contributed by atoms with van der Waals surface area (Å²) in [6.45, 7) is 1.55. The Kier molecular flexibility index (Phi) is 6.94. The Morgan fingerprint density at radius 2 is 2.00 bits per heavy atom. The highest BCUT2D eigenvalue weighted by Crippen LogP contribution is 2.21. The maximum atomic E-state index is 12.1. The zero-order valence-electron chi connectivity index (χ0n) is 14.0. The Morgan fingerprint density at radius 3 is 2.65 bits per heavy atom. The molecule has 0 spiro atoms. The summed E-state index contributed by atoms with van der Waals surface area (Å²) in [5.41, 5.74) is 4.13. The molecule has 2 aromatic rings. The molecule has 0 atom stereocenters. The third-order valence-corrected chi connectivity index (χ3v) is 3.61. The van der Waals surface area contributed by atoms with Crippen molar-refractivity contribution in [2.24, 2.45) is 5.10 Å². The first kappa shape index (κ1) is 19.2. The lowest BCUT2D eigenvalue weighted by atomic mass is 10.2. The Bertz CT molecular complexity index is 871. The maximum Gasteiger partial charge on any atom is 0.271 e. The number of hydrogen-bond donors (Lipinski definition) is 2. The third-order valence-electron chi connectivity index (χ3n) is 3.12. The van der Waals surface area contributed by atoms with E-state index in [1.807, 2.05) is 6.07 Å². The quantitative estimate of drug-likeness (QED) is 0.433. The topological polar surface area (TPSA) is 79.8 Å². The molecule has 2 amide bonds. The van der Waals surface area contributed by atoms with Gasteiger partial charge in [-0.25, -0.2) is 5.43 Å². The van der Waals surface area contributed by atoms with Crippen LogP contribution >= 0.6 is 15.9 Å². The monoisotopic (exact) mass is 413 g/mol. The van der Waals surface area contributed by atoms with Crippen LogP contribution in [-0.4, -0.2) is 24.6 Å². The third kappa shape index (κ3) is 5.76. The number of carbonyl (C=O) groups excluding carboxylic acids is 2. The Hall–Kier alpha value is -3.11. The minimum atomic E-state index is -0.378. The first-order valence-corrected chi connectivity index (χ1v) is 8.36. The zero-order chi connectivity index (χ0) is 18.9. The second-order valence-electron chi connectivity index (χ2n) is 5.13. The summed E-state index contributed by atoms with van der Waals surface area (Å²) in [7, 11) is 0. The van der Waals surface area contributed by atoms with Gasteiger partial charge < -0.3 is 10.1 Å². The highest BCUT2D eigenvalue weighted by molar-refractivity contribution is 9.10. The number of halogens is 1. The molecule has 0 aliphatic heterocycles. The van der Waals surface area contributed by atoms with Crippen LogP contribution in [0.5, 0.6) is 5.75 Å². The van der Waals surface area contributed by atoms with E-state index in [0.717, 1.165) is 4.47 Å². The van der Waals surface area contributed by atoms with Gasteiger partial charge in [-0.15, -0.1) is 6.42 Å². The fourth-order valence-electron chi connectivity index (χ4n) is 2.00. The van der Waals surface area contributed by atoms with Gasteiger partial charge in [0.15, 0.2) is 0 Å². The van der Waals surface area contributed by atoms with Crippen molar-refractivity contribution in [2.45, 2.75) is 6.92 Å². The molecule has 0 unspecified atom stereocenters. The summed E-state index contributed by atoms with van der Waals surface area (Å²) in [5, 5.41) is 6.58. The lowest BCUT2D eigenvalue weighted by Gasteiger charge is -2.07. The molecular weight excluding hydrogens is 398 g/mol. The molecule has 0 heterocycles. The van der Waals surface area contributed by atoms with E-state index in [2.05, 4.69) is 37.7 Å². The van der Waals surface area contributed by atoms with Crippen LogP contribution in [0.4, 0.5) is 5.69 Å². The fraction of sp³-hybridized carbons (Fsp3) is 0.105. The molecule has 7 heteroatoms. The van der Waals surface area contributed by atoms with E-state index in [1.165, 1.54) is 13.1 Å². The average molecular weight is 414 g/mol. The van der Waals surface area contributed by atoms with Crippen LogP contribution in [0.15, 0.2) is 52.0 Å². The summed E-state index contributed by atoms with van der Waals surface area (Å²) in [5.74, 6) is 2.40. The molecule has 0 fully saturated rings. The van der Waals surface area contributed by atoms with Gasteiger partial charge in [0.25, 0.3) is 5.91 Å². The van der Waals surface area contributed by atoms with Gasteiger partial charge in [0.2, 0.25) is 5.91 Å². The number of ether oxygens (including phenoxy) is 1. The summed E-state index contributed by atoms with van der Waals surface area (Å²) in [6, 6.07) is 11.8.